The predicted octanol–water partition coefficient (Wildman–Crippen LogP) is 3.85. The molecule has 0 aliphatic carbocycles. The SMILES string of the molecule is O=C(O)CCCCCNC(=O)c1cc(CBr)cc(CBr)c1. The Hall–Kier alpha value is -0.880. The number of carboxylic acid groups (broad SMARTS) is 1. The number of hydrogen-bond donors (Lipinski definition) is 2. The molecule has 0 aliphatic rings. The van der Waals surface area contributed by atoms with Crippen molar-refractivity contribution in [1.29, 1.82) is 0 Å². The number of halogens is 2. The number of benzene rings is 1. The van der Waals surface area contributed by atoms with Gasteiger partial charge in [0.1, 0.15) is 0 Å². The minimum atomic E-state index is -0.770. The number of nitrogens with one attached hydrogen (secondary N) is 1. The molecule has 6 heteroatoms. The Kier molecular flexibility index (Phi) is 8.61. The van der Waals surface area contributed by atoms with Crippen LogP contribution in [0, 0.1) is 0 Å². The van der Waals surface area contributed by atoms with Gasteiger partial charge >= 0.3 is 5.97 Å². The molecule has 0 aromatic heterocycles. The van der Waals surface area contributed by atoms with Gasteiger partial charge in [-0.25, -0.2) is 0 Å². The average Bonchev–Trinajstić information content (AvgIpc) is 2.49. The third kappa shape index (κ3) is 7.09. The first-order chi connectivity index (χ1) is 10.1. The zero-order chi connectivity index (χ0) is 15.7. The fourth-order valence-corrected chi connectivity index (χ4v) is 2.58. The van der Waals surface area contributed by atoms with Crippen LogP contribution in [0.4, 0.5) is 0 Å². The number of carbonyl (C=O) groups excluding carboxylic acids is 1. The topological polar surface area (TPSA) is 66.4 Å². The van der Waals surface area contributed by atoms with Crippen LogP contribution in [0.5, 0.6) is 0 Å². The van der Waals surface area contributed by atoms with Crippen LogP contribution in [0.2, 0.25) is 0 Å². The van der Waals surface area contributed by atoms with Crippen LogP contribution in [0.1, 0.15) is 47.2 Å². The van der Waals surface area contributed by atoms with E-state index in [0.29, 0.717) is 29.2 Å². The van der Waals surface area contributed by atoms with Gasteiger partial charge in [-0.05, 0) is 36.1 Å². The van der Waals surface area contributed by atoms with Gasteiger partial charge in [0.25, 0.3) is 5.91 Å². The maximum atomic E-state index is 12.1. The van der Waals surface area contributed by atoms with Crippen molar-refractivity contribution in [3.8, 4) is 0 Å². The van der Waals surface area contributed by atoms with Gasteiger partial charge < -0.3 is 10.4 Å². The third-order valence-corrected chi connectivity index (χ3v) is 4.27. The number of carboxylic acids is 1. The van der Waals surface area contributed by atoms with E-state index in [1.807, 2.05) is 18.2 Å². The number of unbranched alkanes of at least 4 members (excludes halogenated alkanes) is 2. The summed E-state index contributed by atoms with van der Waals surface area (Å²) in [5.74, 6) is -0.855. The van der Waals surface area contributed by atoms with E-state index in [9.17, 15) is 9.59 Å². The standard InChI is InChI=1S/C15H19Br2NO3/c16-9-11-6-12(10-17)8-13(7-11)15(21)18-5-3-1-2-4-14(19)20/h6-8H,1-5,9-10H2,(H,18,21)(H,19,20). The van der Waals surface area contributed by atoms with Crippen LogP contribution in [-0.4, -0.2) is 23.5 Å². The minimum Gasteiger partial charge on any atom is -0.481 e. The smallest absolute Gasteiger partial charge is 0.303 e. The van der Waals surface area contributed by atoms with E-state index in [0.717, 1.165) is 24.0 Å². The molecule has 0 heterocycles. The van der Waals surface area contributed by atoms with E-state index in [-0.39, 0.29) is 12.3 Å². The summed E-state index contributed by atoms with van der Waals surface area (Å²) >= 11 is 6.80. The Morgan fingerprint density at radius 2 is 1.62 bits per heavy atom. The molecule has 0 radical (unpaired) electrons. The lowest BCUT2D eigenvalue weighted by Crippen LogP contribution is -2.24. The number of hydrogen-bond acceptors (Lipinski definition) is 2. The highest BCUT2D eigenvalue weighted by atomic mass is 79.9. The van der Waals surface area contributed by atoms with E-state index in [1.54, 1.807) is 0 Å². The van der Waals surface area contributed by atoms with E-state index < -0.39 is 5.97 Å². The van der Waals surface area contributed by atoms with Crippen LogP contribution in [0.3, 0.4) is 0 Å². The highest BCUT2D eigenvalue weighted by Crippen LogP contribution is 2.15. The van der Waals surface area contributed by atoms with Gasteiger partial charge in [-0.3, -0.25) is 9.59 Å². The van der Waals surface area contributed by atoms with Crippen molar-refractivity contribution in [1.82, 2.24) is 5.32 Å². The molecule has 0 atom stereocenters. The molecule has 0 fully saturated rings. The fraction of sp³-hybridized carbons (Fsp3) is 0.467. The summed E-state index contributed by atoms with van der Waals surface area (Å²) in [6, 6.07) is 5.80. The van der Waals surface area contributed by atoms with Gasteiger partial charge in [-0.2, -0.15) is 0 Å². The summed E-state index contributed by atoms with van der Waals surface area (Å²) < 4.78 is 0. The molecule has 0 saturated carbocycles. The summed E-state index contributed by atoms with van der Waals surface area (Å²) in [7, 11) is 0. The monoisotopic (exact) mass is 419 g/mol. The lowest BCUT2D eigenvalue weighted by Gasteiger charge is -2.08. The first-order valence-corrected chi connectivity index (χ1v) is 9.06. The summed E-state index contributed by atoms with van der Waals surface area (Å²) in [6.07, 6.45) is 2.44. The van der Waals surface area contributed by atoms with Crippen molar-refractivity contribution in [2.75, 3.05) is 6.54 Å². The van der Waals surface area contributed by atoms with E-state index in [4.69, 9.17) is 5.11 Å². The second-order valence-electron chi connectivity index (χ2n) is 4.77. The van der Waals surface area contributed by atoms with Gasteiger partial charge in [-0.1, -0.05) is 44.3 Å². The number of rotatable bonds is 9. The largest absolute Gasteiger partial charge is 0.481 e. The van der Waals surface area contributed by atoms with Gasteiger partial charge in [0, 0.05) is 29.2 Å². The lowest BCUT2D eigenvalue weighted by molar-refractivity contribution is -0.137. The Morgan fingerprint density at radius 1 is 1.00 bits per heavy atom. The summed E-state index contributed by atoms with van der Waals surface area (Å²) in [4.78, 5) is 22.5. The van der Waals surface area contributed by atoms with E-state index >= 15 is 0 Å². The first-order valence-electron chi connectivity index (χ1n) is 6.81. The molecular weight excluding hydrogens is 402 g/mol. The van der Waals surface area contributed by atoms with Gasteiger partial charge in [0.05, 0.1) is 0 Å². The molecule has 2 N–H and O–H groups in total. The van der Waals surface area contributed by atoms with Crippen LogP contribution in [0.25, 0.3) is 0 Å². The maximum absolute atomic E-state index is 12.1. The highest BCUT2D eigenvalue weighted by Gasteiger charge is 2.08. The Balaban J connectivity index is 2.43. The number of carbonyl (C=O) groups is 2. The van der Waals surface area contributed by atoms with E-state index in [1.165, 1.54) is 0 Å². The molecule has 0 saturated heterocycles. The first kappa shape index (κ1) is 18.2. The zero-order valence-corrected chi connectivity index (χ0v) is 14.9. The van der Waals surface area contributed by atoms with Crippen molar-refractivity contribution < 1.29 is 14.7 Å². The predicted molar refractivity (Wildman–Crippen MR) is 90.1 cm³/mol. The molecule has 0 aliphatic heterocycles. The lowest BCUT2D eigenvalue weighted by atomic mass is 10.1. The summed E-state index contributed by atoms with van der Waals surface area (Å²) in [5, 5.41) is 12.8. The number of aliphatic carboxylic acids is 1. The molecule has 1 amide bonds. The Bertz CT molecular complexity index is 470. The maximum Gasteiger partial charge on any atom is 0.303 e. The molecule has 1 rings (SSSR count). The Morgan fingerprint density at radius 3 is 2.14 bits per heavy atom. The molecule has 21 heavy (non-hydrogen) atoms. The van der Waals surface area contributed by atoms with Gasteiger partial charge in [0.15, 0.2) is 0 Å². The number of alkyl halides is 2. The van der Waals surface area contributed by atoms with Crippen LogP contribution < -0.4 is 5.32 Å². The van der Waals surface area contributed by atoms with Crippen molar-refractivity contribution >= 4 is 43.7 Å². The fourth-order valence-electron chi connectivity index (χ4n) is 1.93. The normalized spacial score (nSPS) is 10.4. The Labute approximate surface area is 141 Å². The second kappa shape index (κ2) is 9.95. The zero-order valence-electron chi connectivity index (χ0n) is 11.7. The molecule has 4 nitrogen and oxygen atoms in total. The molecule has 1 aromatic rings. The highest BCUT2D eigenvalue weighted by molar-refractivity contribution is 9.08. The van der Waals surface area contributed by atoms with Crippen LogP contribution in [-0.2, 0) is 15.5 Å². The molecule has 1 aromatic carbocycles. The average molecular weight is 421 g/mol. The number of amides is 1. The molecule has 0 unspecified atom stereocenters. The second-order valence-corrected chi connectivity index (χ2v) is 5.89. The minimum absolute atomic E-state index is 0.0850. The molecule has 116 valence electrons. The van der Waals surface area contributed by atoms with Gasteiger partial charge in [0.2, 0.25) is 0 Å². The quantitative estimate of drug-likeness (QED) is 0.471. The van der Waals surface area contributed by atoms with Crippen molar-refractivity contribution in [3.63, 3.8) is 0 Å². The van der Waals surface area contributed by atoms with Crippen molar-refractivity contribution in [3.05, 3.63) is 34.9 Å². The molecular formula is C15H19Br2NO3. The molecule has 0 bridgehead atoms. The van der Waals surface area contributed by atoms with Gasteiger partial charge in [-0.15, -0.1) is 0 Å². The summed E-state index contributed by atoms with van der Waals surface area (Å²) in [5.41, 5.74) is 2.80. The van der Waals surface area contributed by atoms with E-state index in [2.05, 4.69) is 37.2 Å². The van der Waals surface area contributed by atoms with Crippen LogP contribution in [0.15, 0.2) is 18.2 Å². The van der Waals surface area contributed by atoms with Crippen molar-refractivity contribution in [2.24, 2.45) is 0 Å². The third-order valence-electron chi connectivity index (χ3n) is 2.98. The molecule has 0 spiro atoms. The van der Waals surface area contributed by atoms with Crippen molar-refractivity contribution in [2.45, 2.75) is 36.3 Å². The summed E-state index contributed by atoms with van der Waals surface area (Å²) in [6.45, 7) is 0.570. The van der Waals surface area contributed by atoms with Crippen LogP contribution >= 0.6 is 31.9 Å².